The van der Waals surface area contributed by atoms with Crippen LogP contribution in [0, 0.1) is 0 Å². The van der Waals surface area contributed by atoms with Crippen molar-refractivity contribution in [3.05, 3.63) is 41.2 Å². The first-order valence-electron chi connectivity index (χ1n) is 11.0. The largest absolute Gasteiger partial charge is 0.380 e. The average molecular weight is 479 g/mol. The number of ether oxygens (including phenoxy) is 1. The lowest BCUT2D eigenvalue weighted by atomic mass is 10.2. The molecule has 6 rings (SSSR count). The predicted octanol–water partition coefficient (Wildman–Crippen LogP) is 1.85. The van der Waals surface area contributed by atoms with Gasteiger partial charge in [0, 0.05) is 44.7 Å². The van der Waals surface area contributed by atoms with Gasteiger partial charge in [0.05, 0.1) is 41.6 Å². The van der Waals surface area contributed by atoms with E-state index in [1.54, 1.807) is 27.7 Å². The standard InChI is InChI=1S/C22H22N8O3S/c1-28-10-13(8-24-28)16-11-30-22(34-16)18-20(27-30)19-15(26-21(18)32)7-14(9-23-19)25-17(31)12-29-3-2-5-33-6-4-29/h7-11H,2-6,12H2,1H3,(H,25,31)(H,26,32). The molecule has 2 N–H and O–H groups in total. The molecule has 0 spiro atoms. The number of aromatic amines is 1. The number of hydrogen-bond donors (Lipinski definition) is 2. The van der Waals surface area contributed by atoms with Crippen LogP contribution in [-0.2, 0) is 16.6 Å². The third-order valence-corrected chi connectivity index (χ3v) is 7.00. The second-order valence-electron chi connectivity index (χ2n) is 8.34. The fourth-order valence-electron chi connectivity index (χ4n) is 4.26. The fraction of sp³-hybridized carbons (Fsp3) is 0.318. The van der Waals surface area contributed by atoms with Gasteiger partial charge in [-0.3, -0.25) is 24.2 Å². The number of pyridine rings is 2. The molecular formula is C22H22N8O3S. The maximum Gasteiger partial charge on any atom is 0.261 e. The Bertz CT molecular complexity index is 1590. The molecule has 11 nitrogen and oxygen atoms in total. The van der Waals surface area contributed by atoms with Gasteiger partial charge >= 0.3 is 0 Å². The molecule has 5 aromatic rings. The van der Waals surface area contributed by atoms with E-state index in [2.05, 4.69) is 30.4 Å². The van der Waals surface area contributed by atoms with Crippen molar-refractivity contribution in [3.8, 4) is 10.4 Å². The van der Waals surface area contributed by atoms with E-state index in [0.29, 0.717) is 34.2 Å². The Balaban J connectivity index is 1.31. The molecular weight excluding hydrogens is 456 g/mol. The normalized spacial score (nSPS) is 15.3. The maximum atomic E-state index is 13.0. The molecule has 1 aliphatic heterocycles. The second kappa shape index (κ2) is 8.31. The molecule has 0 radical (unpaired) electrons. The Kier molecular flexibility index (Phi) is 5.12. The van der Waals surface area contributed by atoms with Crippen LogP contribution in [0.4, 0.5) is 5.69 Å². The zero-order chi connectivity index (χ0) is 23.2. The third kappa shape index (κ3) is 3.75. The molecule has 5 aromatic heterocycles. The minimum absolute atomic E-state index is 0.128. The van der Waals surface area contributed by atoms with Crippen molar-refractivity contribution in [3.63, 3.8) is 0 Å². The predicted molar refractivity (Wildman–Crippen MR) is 129 cm³/mol. The van der Waals surface area contributed by atoms with E-state index in [-0.39, 0.29) is 18.0 Å². The molecule has 0 aliphatic carbocycles. The summed E-state index contributed by atoms with van der Waals surface area (Å²) in [7, 11) is 1.86. The van der Waals surface area contributed by atoms with Gasteiger partial charge < -0.3 is 15.0 Å². The van der Waals surface area contributed by atoms with Crippen LogP contribution in [0.15, 0.2) is 35.6 Å². The lowest BCUT2D eigenvalue weighted by Crippen LogP contribution is -2.35. The van der Waals surface area contributed by atoms with Crippen molar-refractivity contribution in [1.82, 2.24) is 34.3 Å². The number of carbonyl (C=O) groups is 1. The second-order valence-corrected chi connectivity index (χ2v) is 9.37. The minimum Gasteiger partial charge on any atom is -0.380 e. The number of rotatable bonds is 4. The van der Waals surface area contributed by atoms with Crippen molar-refractivity contribution in [2.75, 3.05) is 38.2 Å². The number of hydrogen-bond acceptors (Lipinski definition) is 8. The average Bonchev–Trinajstić information content (AvgIpc) is 3.44. The van der Waals surface area contributed by atoms with Crippen molar-refractivity contribution >= 4 is 49.7 Å². The Morgan fingerprint density at radius 1 is 1.24 bits per heavy atom. The Morgan fingerprint density at radius 2 is 2.15 bits per heavy atom. The summed E-state index contributed by atoms with van der Waals surface area (Å²) in [4.78, 5) is 36.7. The van der Waals surface area contributed by atoms with E-state index in [9.17, 15) is 9.59 Å². The van der Waals surface area contributed by atoms with Crippen LogP contribution in [0.1, 0.15) is 6.42 Å². The molecule has 0 bridgehead atoms. The van der Waals surface area contributed by atoms with E-state index in [1.165, 1.54) is 11.3 Å². The fourth-order valence-corrected chi connectivity index (χ4v) is 5.32. The number of fused-ring (bicyclic) bond motifs is 5. The summed E-state index contributed by atoms with van der Waals surface area (Å²) in [6.07, 6.45) is 8.10. The Labute approximate surface area is 197 Å². The van der Waals surface area contributed by atoms with Gasteiger partial charge in [0.15, 0.2) is 0 Å². The van der Waals surface area contributed by atoms with Gasteiger partial charge in [0.2, 0.25) is 5.91 Å². The highest BCUT2D eigenvalue weighted by molar-refractivity contribution is 7.21. The lowest BCUT2D eigenvalue weighted by molar-refractivity contribution is -0.117. The smallest absolute Gasteiger partial charge is 0.261 e. The maximum absolute atomic E-state index is 13.0. The van der Waals surface area contributed by atoms with E-state index >= 15 is 0 Å². The third-order valence-electron chi connectivity index (χ3n) is 5.86. The summed E-state index contributed by atoms with van der Waals surface area (Å²) >= 11 is 1.48. The number of aromatic nitrogens is 6. The molecule has 12 heteroatoms. The first-order chi connectivity index (χ1) is 16.5. The molecule has 1 amide bonds. The summed E-state index contributed by atoms with van der Waals surface area (Å²) in [5.74, 6) is -0.128. The van der Waals surface area contributed by atoms with Crippen LogP contribution in [0.3, 0.4) is 0 Å². The molecule has 174 valence electrons. The number of nitrogens with one attached hydrogen (secondary N) is 2. The molecule has 0 unspecified atom stereocenters. The van der Waals surface area contributed by atoms with E-state index < -0.39 is 0 Å². The van der Waals surface area contributed by atoms with Gasteiger partial charge in [-0.1, -0.05) is 0 Å². The van der Waals surface area contributed by atoms with Crippen LogP contribution < -0.4 is 10.9 Å². The van der Waals surface area contributed by atoms with Gasteiger partial charge in [-0.25, -0.2) is 4.52 Å². The molecule has 1 saturated heterocycles. The zero-order valence-electron chi connectivity index (χ0n) is 18.4. The number of thiazole rings is 1. The molecule has 0 atom stereocenters. The highest BCUT2D eigenvalue weighted by atomic mass is 32.1. The van der Waals surface area contributed by atoms with Crippen molar-refractivity contribution < 1.29 is 9.53 Å². The van der Waals surface area contributed by atoms with Gasteiger partial charge in [-0.05, 0) is 12.5 Å². The lowest BCUT2D eigenvalue weighted by Gasteiger charge is -2.18. The molecule has 0 aromatic carbocycles. The number of carbonyl (C=O) groups excluding carboxylic acids is 1. The summed E-state index contributed by atoms with van der Waals surface area (Å²) in [5, 5.41) is 12.2. The number of nitrogens with zero attached hydrogens (tertiary/aromatic N) is 6. The number of anilines is 1. The van der Waals surface area contributed by atoms with E-state index in [1.807, 2.05) is 19.4 Å². The summed E-state index contributed by atoms with van der Waals surface area (Å²) in [6.45, 7) is 3.20. The van der Waals surface area contributed by atoms with Crippen LogP contribution >= 0.6 is 11.3 Å². The quantitative estimate of drug-likeness (QED) is 0.404. The minimum atomic E-state index is -0.244. The van der Waals surface area contributed by atoms with Gasteiger partial charge in [0.1, 0.15) is 21.3 Å². The van der Waals surface area contributed by atoms with Crippen molar-refractivity contribution in [2.45, 2.75) is 6.42 Å². The summed E-state index contributed by atoms with van der Waals surface area (Å²) in [5.41, 5.74) is 2.89. The first kappa shape index (κ1) is 21.0. The number of amides is 1. The van der Waals surface area contributed by atoms with Crippen LogP contribution in [-0.4, -0.2) is 73.0 Å². The Hall–Kier alpha value is -3.61. The highest BCUT2D eigenvalue weighted by Crippen LogP contribution is 2.33. The molecule has 1 fully saturated rings. The van der Waals surface area contributed by atoms with Crippen LogP contribution in [0.25, 0.3) is 37.2 Å². The molecule has 0 saturated carbocycles. The van der Waals surface area contributed by atoms with Crippen LogP contribution in [0.2, 0.25) is 0 Å². The monoisotopic (exact) mass is 478 g/mol. The summed E-state index contributed by atoms with van der Waals surface area (Å²) in [6, 6.07) is 1.72. The Morgan fingerprint density at radius 3 is 3.00 bits per heavy atom. The number of H-pyrrole nitrogens is 1. The SMILES string of the molecule is Cn1cc(-c2cn3nc4c5ncc(NC(=O)CN6CCCOCC6)cc5[nH]c(=O)c4c3s2)cn1. The highest BCUT2D eigenvalue weighted by Gasteiger charge is 2.19. The van der Waals surface area contributed by atoms with Crippen molar-refractivity contribution in [2.24, 2.45) is 7.05 Å². The number of aryl methyl sites for hydroxylation is 1. The molecule has 6 heterocycles. The molecule has 34 heavy (non-hydrogen) atoms. The van der Waals surface area contributed by atoms with Crippen molar-refractivity contribution in [1.29, 1.82) is 0 Å². The molecule has 1 aliphatic rings. The van der Waals surface area contributed by atoms with Gasteiger partial charge in [0.25, 0.3) is 5.56 Å². The van der Waals surface area contributed by atoms with E-state index in [4.69, 9.17) is 4.74 Å². The van der Waals surface area contributed by atoms with E-state index in [0.717, 1.165) is 41.4 Å². The van der Waals surface area contributed by atoms with Gasteiger partial charge in [-0.2, -0.15) is 10.2 Å². The van der Waals surface area contributed by atoms with Gasteiger partial charge in [-0.15, -0.1) is 11.3 Å². The van der Waals surface area contributed by atoms with Crippen LogP contribution in [0.5, 0.6) is 0 Å². The topological polar surface area (TPSA) is 122 Å². The summed E-state index contributed by atoms with van der Waals surface area (Å²) < 4.78 is 8.89. The first-order valence-corrected chi connectivity index (χ1v) is 11.8. The zero-order valence-corrected chi connectivity index (χ0v) is 19.3.